The Morgan fingerprint density at radius 3 is 2.87 bits per heavy atom. The van der Waals surface area contributed by atoms with Crippen molar-refractivity contribution in [2.45, 2.75) is 13.3 Å². The first-order chi connectivity index (χ1) is 11.2. The molecule has 116 valence electrons. The Labute approximate surface area is 136 Å². The number of rotatable bonds is 6. The van der Waals surface area contributed by atoms with Gasteiger partial charge in [-0.15, -0.1) is 0 Å². The van der Waals surface area contributed by atoms with E-state index in [1.54, 1.807) is 6.08 Å². The van der Waals surface area contributed by atoms with Crippen molar-refractivity contribution in [1.29, 1.82) is 5.26 Å². The molecular weight excluding hydrogens is 286 g/mol. The van der Waals surface area contributed by atoms with Gasteiger partial charge < -0.3 is 10.1 Å². The second kappa shape index (κ2) is 7.98. The topological polar surface area (TPSA) is 49.4 Å². The molecule has 0 spiro atoms. The minimum atomic E-state index is 0.0523. The van der Waals surface area contributed by atoms with Gasteiger partial charge in [0.25, 0.3) is 5.70 Å². The standard InChI is InChI=1S/C19H19N3O/c1-14-5-6-15-10-17(11-18(13-20)22-3)19(12-16(15)9-14)23-8-4-7-21-2/h5-6,9-12,21H,4,7-8H2,1-2H3/b18-11-. The summed E-state index contributed by atoms with van der Waals surface area (Å²) in [4.78, 5) is 3.23. The Balaban J connectivity index is 2.44. The average Bonchev–Trinajstić information content (AvgIpc) is 2.56. The van der Waals surface area contributed by atoms with Gasteiger partial charge in [0.05, 0.1) is 19.2 Å². The maximum Gasteiger partial charge on any atom is 0.262 e. The Morgan fingerprint density at radius 1 is 1.35 bits per heavy atom. The lowest BCUT2D eigenvalue weighted by Crippen LogP contribution is -2.11. The second-order valence-corrected chi connectivity index (χ2v) is 5.30. The highest BCUT2D eigenvalue weighted by atomic mass is 16.5. The van der Waals surface area contributed by atoms with Crippen LogP contribution in [0.25, 0.3) is 21.7 Å². The predicted octanol–water partition coefficient (Wildman–Crippen LogP) is 3.92. The Kier molecular flexibility index (Phi) is 5.74. The van der Waals surface area contributed by atoms with E-state index >= 15 is 0 Å². The lowest BCUT2D eigenvalue weighted by atomic mass is 10.0. The van der Waals surface area contributed by atoms with Crippen LogP contribution in [-0.4, -0.2) is 20.2 Å². The molecule has 0 aromatic heterocycles. The van der Waals surface area contributed by atoms with E-state index in [0.29, 0.717) is 12.4 Å². The summed E-state index contributed by atoms with van der Waals surface area (Å²) in [5.41, 5.74) is 2.00. The minimum absolute atomic E-state index is 0.0523. The van der Waals surface area contributed by atoms with E-state index in [2.05, 4.69) is 16.2 Å². The van der Waals surface area contributed by atoms with Gasteiger partial charge in [0.1, 0.15) is 5.75 Å². The van der Waals surface area contributed by atoms with Gasteiger partial charge in [-0.05, 0) is 55.9 Å². The molecule has 2 aromatic rings. The van der Waals surface area contributed by atoms with Crippen molar-refractivity contribution < 1.29 is 4.74 Å². The summed E-state index contributed by atoms with van der Waals surface area (Å²) >= 11 is 0. The van der Waals surface area contributed by atoms with Gasteiger partial charge in [-0.25, -0.2) is 10.1 Å². The summed E-state index contributed by atoms with van der Waals surface area (Å²) in [6.07, 6.45) is 2.47. The highest BCUT2D eigenvalue weighted by Gasteiger charge is 2.07. The zero-order valence-electron chi connectivity index (χ0n) is 13.4. The van der Waals surface area contributed by atoms with Gasteiger partial charge in [0.2, 0.25) is 0 Å². The molecule has 0 aliphatic heterocycles. The van der Waals surface area contributed by atoms with Crippen LogP contribution in [0.1, 0.15) is 17.5 Å². The third kappa shape index (κ3) is 4.32. The van der Waals surface area contributed by atoms with Gasteiger partial charge in [-0.2, -0.15) is 0 Å². The Morgan fingerprint density at radius 2 is 2.17 bits per heavy atom. The maximum atomic E-state index is 8.99. The number of nitrogens with one attached hydrogen (secondary N) is 1. The first-order valence-corrected chi connectivity index (χ1v) is 7.49. The predicted molar refractivity (Wildman–Crippen MR) is 92.9 cm³/mol. The van der Waals surface area contributed by atoms with Gasteiger partial charge in [0, 0.05) is 5.56 Å². The van der Waals surface area contributed by atoms with E-state index in [-0.39, 0.29) is 5.70 Å². The molecular formula is C19H19N3O. The molecule has 0 aliphatic carbocycles. The largest absolute Gasteiger partial charge is 0.493 e. The van der Waals surface area contributed by atoms with Crippen LogP contribution >= 0.6 is 0 Å². The highest BCUT2D eigenvalue weighted by Crippen LogP contribution is 2.29. The van der Waals surface area contributed by atoms with Crippen LogP contribution in [0.3, 0.4) is 0 Å². The quantitative estimate of drug-likeness (QED) is 0.500. The minimum Gasteiger partial charge on any atom is -0.493 e. The van der Waals surface area contributed by atoms with Crippen molar-refractivity contribution in [3.05, 3.63) is 58.6 Å². The third-order valence-electron chi connectivity index (χ3n) is 3.48. The van der Waals surface area contributed by atoms with Gasteiger partial charge in [-0.1, -0.05) is 23.8 Å². The van der Waals surface area contributed by atoms with Crippen LogP contribution in [0.15, 0.2) is 36.0 Å². The Hall–Kier alpha value is -2.82. The number of benzene rings is 2. The summed E-state index contributed by atoms with van der Waals surface area (Å²) in [6.45, 7) is 10.6. The van der Waals surface area contributed by atoms with E-state index in [0.717, 1.165) is 29.3 Å². The van der Waals surface area contributed by atoms with Crippen LogP contribution in [0.4, 0.5) is 0 Å². The molecule has 0 saturated heterocycles. The molecule has 1 N–H and O–H groups in total. The molecule has 0 amide bonds. The molecule has 0 saturated carbocycles. The number of hydrogen-bond donors (Lipinski definition) is 1. The maximum absolute atomic E-state index is 8.99. The van der Waals surface area contributed by atoms with Crippen LogP contribution in [0.5, 0.6) is 5.75 Å². The lowest BCUT2D eigenvalue weighted by Gasteiger charge is -2.12. The van der Waals surface area contributed by atoms with E-state index < -0.39 is 0 Å². The van der Waals surface area contributed by atoms with E-state index in [4.69, 9.17) is 16.6 Å². The SMILES string of the molecule is [C-]#[N+]/C(C#N)=C\c1cc2ccc(C)cc2cc1OCCCNC. The lowest BCUT2D eigenvalue weighted by molar-refractivity contribution is 0.309. The van der Waals surface area contributed by atoms with Crippen LogP contribution < -0.4 is 10.1 Å². The van der Waals surface area contributed by atoms with Gasteiger partial charge in [0.15, 0.2) is 0 Å². The molecule has 0 heterocycles. The van der Waals surface area contributed by atoms with Crippen molar-refractivity contribution >= 4 is 16.8 Å². The highest BCUT2D eigenvalue weighted by molar-refractivity contribution is 5.88. The normalized spacial score (nSPS) is 11.0. The summed E-state index contributed by atoms with van der Waals surface area (Å²) in [5.74, 6) is 0.704. The fraction of sp³-hybridized carbons (Fsp3) is 0.263. The molecule has 0 fully saturated rings. The van der Waals surface area contributed by atoms with Crippen molar-refractivity contribution in [1.82, 2.24) is 5.32 Å². The first kappa shape index (κ1) is 16.5. The zero-order valence-corrected chi connectivity index (χ0v) is 13.4. The molecule has 0 bridgehead atoms. The van der Waals surface area contributed by atoms with Crippen LogP contribution in [0.2, 0.25) is 0 Å². The Bertz CT molecular complexity index is 794. The third-order valence-corrected chi connectivity index (χ3v) is 3.48. The number of hydrogen-bond acceptors (Lipinski definition) is 3. The fourth-order valence-electron chi connectivity index (χ4n) is 2.32. The summed E-state index contributed by atoms with van der Waals surface area (Å²) in [5, 5.41) is 14.2. The number of ether oxygens (including phenoxy) is 1. The van der Waals surface area contributed by atoms with E-state index in [1.165, 1.54) is 5.56 Å². The second-order valence-electron chi connectivity index (χ2n) is 5.30. The zero-order chi connectivity index (χ0) is 16.7. The summed E-state index contributed by atoms with van der Waals surface area (Å²) in [6, 6.07) is 12.0. The smallest absolute Gasteiger partial charge is 0.262 e. The van der Waals surface area contributed by atoms with Crippen LogP contribution in [0, 0.1) is 24.8 Å². The molecule has 0 aliphatic rings. The van der Waals surface area contributed by atoms with Crippen molar-refractivity contribution in [2.24, 2.45) is 0 Å². The molecule has 0 unspecified atom stereocenters. The monoisotopic (exact) mass is 305 g/mol. The molecule has 4 heteroatoms. The van der Waals surface area contributed by atoms with Gasteiger partial charge >= 0.3 is 0 Å². The fourth-order valence-corrected chi connectivity index (χ4v) is 2.32. The van der Waals surface area contributed by atoms with Crippen molar-refractivity contribution in [2.75, 3.05) is 20.2 Å². The molecule has 23 heavy (non-hydrogen) atoms. The number of allylic oxidation sites excluding steroid dienone is 1. The van der Waals surface area contributed by atoms with Crippen LogP contribution in [-0.2, 0) is 0 Å². The van der Waals surface area contributed by atoms with Crippen molar-refractivity contribution in [3.8, 4) is 11.8 Å². The molecule has 0 radical (unpaired) electrons. The van der Waals surface area contributed by atoms with E-state index in [9.17, 15) is 0 Å². The summed E-state index contributed by atoms with van der Waals surface area (Å²) < 4.78 is 5.88. The summed E-state index contributed by atoms with van der Waals surface area (Å²) in [7, 11) is 1.90. The molecule has 2 aromatic carbocycles. The molecule has 4 nitrogen and oxygen atoms in total. The first-order valence-electron chi connectivity index (χ1n) is 7.49. The number of fused-ring (bicyclic) bond motifs is 1. The molecule has 2 rings (SSSR count). The number of aryl methyl sites for hydroxylation is 1. The molecule has 0 atom stereocenters. The number of nitrogens with zero attached hydrogens (tertiary/aromatic N) is 2. The van der Waals surface area contributed by atoms with Crippen molar-refractivity contribution in [3.63, 3.8) is 0 Å². The average molecular weight is 305 g/mol. The van der Waals surface area contributed by atoms with E-state index in [1.807, 2.05) is 44.3 Å². The van der Waals surface area contributed by atoms with Gasteiger partial charge in [-0.3, -0.25) is 0 Å². The number of nitriles is 1.